The molecule has 1 aliphatic heterocycles. The van der Waals surface area contributed by atoms with E-state index in [2.05, 4.69) is 5.32 Å². The summed E-state index contributed by atoms with van der Waals surface area (Å²) in [4.78, 5) is 27.1. The second kappa shape index (κ2) is 8.70. The molecule has 4 rings (SSSR count). The van der Waals surface area contributed by atoms with Gasteiger partial charge in [-0.2, -0.15) is 0 Å². The van der Waals surface area contributed by atoms with Gasteiger partial charge in [0, 0.05) is 31.7 Å². The molecule has 1 unspecified atom stereocenters. The first-order valence-corrected chi connectivity index (χ1v) is 12.0. The van der Waals surface area contributed by atoms with Crippen molar-refractivity contribution >= 4 is 33.2 Å². The smallest absolute Gasteiger partial charge is 0.264 e. The average Bonchev–Trinajstić information content (AvgIpc) is 3.43. The van der Waals surface area contributed by atoms with Gasteiger partial charge in [0.1, 0.15) is 0 Å². The summed E-state index contributed by atoms with van der Waals surface area (Å²) in [6.45, 7) is 0.435. The molecule has 1 atom stereocenters. The first-order valence-electron chi connectivity index (χ1n) is 10.6. The molecule has 1 heterocycles. The molecule has 0 radical (unpaired) electrons. The zero-order valence-electron chi connectivity index (χ0n) is 17.5. The van der Waals surface area contributed by atoms with Gasteiger partial charge in [0.2, 0.25) is 11.8 Å². The van der Waals surface area contributed by atoms with Crippen LogP contribution >= 0.6 is 0 Å². The Morgan fingerprint density at radius 2 is 1.77 bits per heavy atom. The van der Waals surface area contributed by atoms with E-state index in [0.717, 1.165) is 25.7 Å². The summed E-state index contributed by atoms with van der Waals surface area (Å²) in [6.07, 6.45) is 4.48. The predicted molar refractivity (Wildman–Crippen MR) is 119 cm³/mol. The van der Waals surface area contributed by atoms with Gasteiger partial charge in [0.25, 0.3) is 10.0 Å². The third-order valence-electron chi connectivity index (χ3n) is 6.17. The van der Waals surface area contributed by atoms with Crippen LogP contribution in [0.3, 0.4) is 0 Å². The maximum absolute atomic E-state index is 13.0. The van der Waals surface area contributed by atoms with Crippen LogP contribution in [0.1, 0.15) is 32.1 Å². The molecular formula is C23H27N3O4S. The second-order valence-electron chi connectivity index (χ2n) is 8.21. The summed E-state index contributed by atoms with van der Waals surface area (Å²) >= 11 is 0. The van der Waals surface area contributed by atoms with E-state index >= 15 is 0 Å². The fourth-order valence-corrected chi connectivity index (χ4v) is 5.63. The zero-order valence-corrected chi connectivity index (χ0v) is 18.3. The Morgan fingerprint density at radius 1 is 1.06 bits per heavy atom. The first kappa shape index (κ1) is 21.4. The Bertz CT molecular complexity index is 1070. The van der Waals surface area contributed by atoms with Crippen molar-refractivity contribution in [3.63, 3.8) is 0 Å². The molecule has 164 valence electrons. The monoisotopic (exact) mass is 441 g/mol. The maximum Gasteiger partial charge on any atom is 0.264 e. The molecule has 0 spiro atoms. The highest BCUT2D eigenvalue weighted by Gasteiger charge is 2.38. The third kappa shape index (κ3) is 4.44. The quantitative estimate of drug-likeness (QED) is 0.746. The molecule has 1 saturated heterocycles. The zero-order chi connectivity index (χ0) is 22.0. The van der Waals surface area contributed by atoms with Gasteiger partial charge in [-0.05, 0) is 43.2 Å². The Hall–Kier alpha value is -2.87. The van der Waals surface area contributed by atoms with Crippen molar-refractivity contribution in [3.05, 3.63) is 54.6 Å². The molecule has 0 aromatic heterocycles. The first-order chi connectivity index (χ1) is 14.9. The molecule has 2 fully saturated rings. The molecule has 1 N–H and O–H groups in total. The van der Waals surface area contributed by atoms with Crippen LogP contribution in [0, 0.1) is 5.92 Å². The molecule has 2 aromatic rings. The summed E-state index contributed by atoms with van der Waals surface area (Å²) in [5.41, 5.74) is 0.952. The Labute approximate surface area is 183 Å². The Kier molecular flexibility index (Phi) is 6.00. The van der Waals surface area contributed by atoms with E-state index in [1.54, 1.807) is 36.4 Å². The summed E-state index contributed by atoms with van der Waals surface area (Å²) in [6, 6.07) is 15.3. The number of amides is 2. The van der Waals surface area contributed by atoms with Gasteiger partial charge in [0.05, 0.1) is 16.5 Å². The van der Waals surface area contributed by atoms with Gasteiger partial charge in [-0.3, -0.25) is 13.9 Å². The molecule has 8 heteroatoms. The van der Waals surface area contributed by atoms with Gasteiger partial charge in [-0.25, -0.2) is 8.42 Å². The van der Waals surface area contributed by atoms with Gasteiger partial charge in [0.15, 0.2) is 0 Å². The number of carbonyl (C=O) groups is 2. The third-order valence-corrected chi connectivity index (χ3v) is 7.96. The topological polar surface area (TPSA) is 86.8 Å². The van der Waals surface area contributed by atoms with Crippen LogP contribution in [-0.4, -0.2) is 44.8 Å². The molecule has 2 aliphatic rings. The average molecular weight is 442 g/mol. The molecule has 2 amide bonds. The van der Waals surface area contributed by atoms with Crippen LogP contribution in [0.4, 0.5) is 11.4 Å². The highest BCUT2D eigenvalue weighted by atomic mass is 32.2. The van der Waals surface area contributed by atoms with Crippen molar-refractivity contribution in [2.45, 2.75) is 43.0 Å². The number of hydrogen-bond donors (Lipinski definition) is 1. The number of para-hydroxylation sites is 1. The molecule has 1 saturated carbocycles. The van der Waals surface area contributed by atoms with E-state index < -0.39 is 15.9 Å². The number of anilines is 2. The minimum absolute atomic E-state index is 0.0351. The van der Waals surface area contributed by atoms with Crippen molar-refractivity contribution in [2.24, 2.45) is 5.92 Å². The van der Waals surface area contributed by atoms with Crippen LogP contribution in [0.15, 0.2) is 59.5 Å². The van der Waals surface area contributed by atoms with Gasteiger partial charge in [-0.15, -0.1) is 0 Å². The number of carbonyl (C=O) groups excluding carboxylic acids is 2. The summed E-state index contributed by atoms with van der Waals surface area (Å²) < 4.78 is 27.3. The predicted octanol–water partition coefficient (Wildman–Crippen LogP) is 3.24. The summed E-state index contributed by atoms with van der Waals surface area (Å²) in [5, 5.41) is 2.81. The van der Waals surface area contributed by atoms with E-state index in [9.17, 15) is 18.0 Å². The highest BCUT2D eigenvalue weighted by Crippen LogP contribution is 2.30. The minimum atomic E-state index is -3.78. The lowest BCUT2D eigenvalue weighted by molar-refractivity contribution is -0.129. The SMILES string of the molecule is CN(c1ccccc1)S(=O)(=O)c1cccc(NC(=O)C2CC(=O)N(C3CCCC3)C2)c1. The number of sulfonamides is 1. The van der Waals surface area contributed by atoms with Crippen LogP contribution in [-0.2, 0) is 19.6 Å². The molecular weight excluding hydrogens is 414 g/mol. The lowest BCUT2D eigenvalue weighted by Gasteiger charge is -2.24. The molecule has 1 aliphatic carbocycles. The number of likely N-dealkylation sites (tertiary alicyclic amines) is 1. The van der Waals surface area contributed by atoms with E-state index in [0.29, 0.717) is 17.9 Å². The number of rotatable bonds is 6. The lowest BCUT2D eigenvalue weighted by atomic mass is 10.1. The van der Waals surface area contributed by atoms with Crippen LogP contribution < -0.4 is 9.62 Å². The standard InChI is InChI=1S/C23H27N3O4S/c1-25(19-9-3-2-4-10-19)31(29,30)21-13-7-8-18(15-21)24-23(28)17-14-22(27)26(16-17)20-11-5-6-12-20/h2-4,7-10,13,15,17,20H,5-6,11-12,14,16H2,1H3,(H,24,28). The summed E-state index contributed by atoms with van der Waals surface area (Å²) in [7, 11) is -2.28. The fraction of sp³-hybridized carbons (Fsp3) is 0.391. The molecule has 0 bridgehead atoms. The van der Waals surface area contributed by atoms with Crippen LogP contribution in [0.5, 0.6) is 0 Å². The van der Waals surface area contributed by atoms with E-state index in [4.69, 9.17) is 0 Å². The van der Waals surface area contributed by atoms with Crippen molar-refractivity contribution < 1.29 is 18.0 Å². The minimum Gasteiger partial charge on any atom is -0.339 e. The van der Waals surface area contributed by atoms with Crippen molar-refractivity contribution in [1.29, 1.82) is 0 Å². The number of nitrogens with zero attached hydrogens (tertiary/aromatic N) is 2. The maximum atomic E-state index is 13.0. The lowest BCUT2D eigenvalue weighted by Crippen LogP contribution is -2.35. The van der Waals surface area contributed by atoms with Crippen LogP contribution in [0.2, 0.25) is 0 Å². The highest BCUT2D eigenvalue weighted by molar-refractivity contribution is 7.92. The molecule has 2 aromatic carbocycles. The van der Waals surface area contributed by atoms with Crippen molar-refractivity contribution in [3.8, 4) is 0 Å². The van der Waals surface area contributed by atoms with Crippen LogP contribution in [0.25, 0.3) is 0 Å². The largest absolute Gasteiger partial charge is 0.339 e. The van der Waals surface area contributed by atoms with Crippen molar-refractivity contribution in [2.75, 3.05) is 23.2 Å². The summed E-state index contributed by atoms with van der Waals surface area (Å²) in [5.74, 6) is -0.631. The number of benzene rings is 2. The number of nitrogens with one attached hydrogen (secondary N) is 1. The van der Waals surface area contributed by atoms with E-state index in [-0.39, 0.29) is 29.2 Å². The normalized spacial score (nSPS) is 19.6. The van der Waals surface area contributed by atoms with Gasteiger partial charge < -0.3 is 10.2 Å². The molecule has 7 nitrogen and oxygen atoms in total. The fourth-order valence-electron chi connectivity index (χ4n) is 4.39. The van der Waals surface area contributed by atoms with Gasteiger partial charge >= 0.3 is 0 Å². The molecule has 31 heavy (non-hydrogen) atoms. The number of hydrogen-bond acceptors (Lipinski definition) is 4. The van der Waals surface area contributed by atoms with E-state index in [1.807, 2.05) is 11.0 Å². The Balaban J connectivity index is 1.46. The van der Waals surface area contributed by atoms with E-state index in [1.165, 1.54) is 23.5 Å². The van der Waals surface area contributed by atoms with Crippen molar-refractivity contribution in [1.82, 2.24) is 4.90 Å². The second-order valence-corrected chi connectivity index (χ2v) is 10.2. The Morgan fingerprint density at radius 3 is 2.48 bits per heavy atom. The van der Waals surface area contributed by atoms with Gasteiger partial charge in [-0.1, -0.05) is 37.1 Å².